The van der Waals surface area contributed by atoms with Crippen LogP contribution in [0.4, 0.5) is 0 Å². The summed E-state index contributed by atoms with van der Waals surface area (Å²) in [5, 5.41) is 2.63. The number of ether oxygens (including phenoxy) is 1. The van der Waals surface area contributed by atoms with E-state index >= 15 is 0 Å². The van der Waals surface area contributed by atoms with Crippen molar-refractivity contribution in [3.05, 3.63) is 42.5 Å². The molecule has 0 aliphatic rings. The Kier molecular flexibility index (Phi) is 4.92. The Morgan fingerprint density at radius 3 is 2.56 bits per heavy atom. The van der Waals surface area contributed by atoms with E-state index < -0.39 is 12.0 Å². The van der Waals surface area contributed by atoms with Crippen LogP contribution in [0.5, 0.6) is 5.75 Å². The summed E-state index contributed by atoms with van der Waals surface area (Å²) in [6.07, 6.45) is 0.969. The van der Waals surface area contributed by atoms with Crippen molar-refractivity contribution in [1.82, 2.24) is 5.32 Å². The molecule has 3 N–H and O–H groups in total. The van der Waals surface area contributed by atoms with Crippen LogP contribution >= 0.6 is 0 Å². The highest BCUT2D eigenvalue weighted by molar-refractivity contribution is 5.92. The molecule has 5 nitrogen and oxygen atoms in total. The molecule has 1 aromatic carbocycles. The number of benzene rings is 1. The van der Waals surface area contributed by atoms with Gasteiger partial charge in [-0.1, -0.05) is 6.08 Å². The minimum atomic E-state index is -0.621. The SMILES string of the molecule is C=CCNC(=O)[C@@H](C)Oc1ccc(C(N)=O)cc1. The molecule has 5 heteroatoms. The zero-order chi connectivity index (χ0) is 13.5. The minimum absolute atomic E-state index is 0.228. The van der Waals surface area contributed by atoms with Crippen molar-refractivity contribution in [1.29, 1.82) is 0 Å². The van der Waals surface area contributed by atoms with Gasteiger partial charge in [-0.15, -0.1) is 6.58 Å². The Morgan fingerprint density at radius 1 is 1.44 bits per heavy atom. The standard InChI is InChI=1S/C13H16N2O3/c1-3-8-15-13(17)9(2)18-11-6-4-10(5-7-11)12(14)16/h3-7,9H,1,8H2,2H3,(H2,14,16)(H,15,17)/t9-/m1/s1. The highest BCUT2D eigenvalue weighted by Crippen LogP contribution is 2.13. The van der Waals surface area contributed by atoms with Gasteiger partial charge in [0, 0.05) is 12.1 Å². The Balaban J connectivity index is 2.58. The number of amides is 2. The van der Waals surface area contributed by atoms with Gasteiger partial charge in [-0.05, 0) is 31.2 Å². The quantitative estimate of drug-likeness (QED) is 0.732. The Bertz CT molecular complexity index is 440. The normalized spacial score (nSPS) is 11.4. The lowest BCUT2D eigenvalue weighted by Gasteiger charge is -2.14. The van der Waals surface area contributed by atoms with Crippen molar-refractivity contribution in [3.8, 4) is 5.75 Å². The van der Waals surface area contributed by atoms with E-state index in [-0.39, 0.29) is 5.91 Å². The minimum Gasteiger partial charge on any atom is -0.481 e. The summed E-state index contributed by atoms with van der Waals surface area (Å²) in [6, 6.07) is 6.28. The van der Waals surface area contributed by atoms with E-state index in [9.17, 15) is 9.59 Å². The van der Waals surface area contributed by atoms with Gasteiger partial charge >= 0.3 is 0 Å². The molecule has 0 spiro atoms. The maximum Gasteiger partial charge on any atom is 0.261 e. The lowest BCUT2D eigenvalue weighted by atomic mass is 10.2. The van der Waals surface area contributed by atoms with Crippen molar-refractivity contribution in [2.24, 2.45) is 5.73 Å². The summed E-state index contributed by atoms with van der Waals surface area (Å²) < 4.78 is 5.41. The van der Waals surface area contributed by atoms with Crippen LogP contribution < -0.4 is 15.8 Å². The summed E-state index contributed by atoms with van der Waals surface area (Å²) in [7, 11) is 0. The average Bonchev–Trinajstić information content (AvgIpc) is 2.36. The van der Waals surface area contributed by atoms with E-state index in [1.165, 1.54) is 0 Å². The van der Waals surface area contributed by atoms with Crippen LogP contribution in [0.25, 0.3) is 0 Å². The second-order valence-electron chi connectivity index (χ2n) is 3.68. The van der Waals surface area contributed by atoms with Crippen LogP contribution in [0.3, 0.4) is 0 Å². The molecule has 0 heterocycles. The zero-order valence-corrected chi connectivity index (χ0v) is 10.2. The lowest BCUT2D eigenvalue weighted by Crippen LogP contribution is -2.36. The Morgan fingerprint density at radius 2 is 2.06 bits per heavy atom. The number of nitrogens with one attached hydrogen (secondary N) is 1. The number of rotatable bonds is 6. The molecule has 0 saturated carbocycles. The summed E-state index contributed by atoms with van der Waals surface area (Å²) in [6.45, 7) is 5.54. The van der Waals surface area contributed by atoms with E-state index in [1.54, 1.807) is 37.3 Å². The van der Waals surface area contributed by atoms with Gasteiger partial charge in [-0.25, -0.2) is 0 Å². The highest BCUT2D eigenvalue weighted by Gasteiger charge is 2.13. The van der Waals surface area contributed by atoms with Gasteiger partial charge in [0.25, 0.3) is 5.91 Å². The van der Waals surface area contributed by atoms with Crippen LogP contribution in [-0.2, 0) is 4.79 Å². The van der Waals surface area contributed by atoms with Crippen LogP contribution in [0, 0.1) is 0 Å². The van der Waals surface area contributed by atoms with E-state index in [2.05, 4.69) is 11.9 Å². The van der Waals surface area contributed by atoms with E-state index in [1.807, 2.05) is 0 Å². The first-order chi connectivity index (χ1) is 8.54. The molecule has 0 radical (unpaired) electrons. The monoisotopic (exact) mass is 248 g/mol. The second kappa shape index (κ2) is 6.44. The molecule has 0 aliphatic carbocycles. The summed E-state index contributed by atoms with van der Waals surface area (Å²) in [5.41, 5.74) is 5.51. The third-order valence-corrected chi connectivity index (χ3v) is 2.24. The maximum atomic E-state index is 11.5. The van der Waals surface area contributed by atoms with Gasteiger partial charge < -0.3 is 15.8 Å². The largest absolute Gasteiger partial charge is 0.481 e. The maximum absolute atomic E-state index is 11.5. The number of carbonyl (C=O) groups excluding carboxylic acids is 2. The zero-order valence-electron chi connectivity index (χ0n) is 10.2. The molecule has 0 fully saturated rings. The first-order valence-electron chi connectivity index (χ1n) is 5.49. The number of nitrogens with two attached hydrogens (primary N) is 1. The van der Waals surface area contributed by atoms with Crippen molar-refractivity contribution < 1.29 is 14.3 Å². The fourth-order valence-electron chi connectivity index (χ4n) is 1.27. The van der Waals surface area contributed by atoms with Crippen LogP contribution in [-0.4, -0.2) is 24.5 Å². The molecule has 96 valence electrons. The fraction of sp³-hybridized carbons (Fsp3) is 0.231. The molecule has 18 heavy (non-hydrogen) atoms. The topological polar surface area (TPSA) is 81.4 Å². The van der Waals surface area contributed by atoms with Crippen molar-refractivity contribution in [2.45, 2.75) is 13.0 Å². The molecule has 1 rings (SSSR count). The number of hydrogen-bond acceptors (Lipinski definition) is 3. The third kappa shape index (κ3) is 3.93. The van der Waals surface area contributed by atoms with Crippen molar-refractivity contribution in [3.63, 3.8) is 0 Å². The molecule has 1 aromatic rings. The number of carbonyl (C=O) groups is 2. The van der Waals surface area contributed by atoms with Crippen LogP contribution in [0.1, 0.15) is 17.3 Å². The van der Waals surface area contributed by atoms with Crippen LogP contribution in [0.2, 0.25) is 0 Å². The van der Waals surface area contributed by atoms with Gasteiger partial charge in [0.1, 0.15) is 5.75 Å². The fourth-order valence-corrected chi connectivity index (χ4v) is 1.27. The molecule has 1 atom stereocenters. The molecule has 2 amide bonds. The molecule has 0 unspecified atom stereocenters. The Labute approximate surface area is 106 Å². The molecule has 0 aromatic heterocycles. The average molecular weight is 248 g/mol. The van der Waals surface area contributed by atoms with E-state index in [0.29, 0.717) is 17.9 Å². The third-order valence-electron chi connectivity index (χ3n) is 2.24. The van der Waals surface area contributed by atoms with Gasteiger partial charge in [-0.3, -0.25) is 9.59 Å². The molecular weight excluding hydrogens is 232 g/mol. The molecule has 0 saturated heterocycles. The molecular formula is C13H16N2O3. The van der Waals surface area contributed by atoms with E-state index in [4.69, 9.17) is 10.5 Å². The first kappa shape index (κ1) is 13.8. The lowest BCUT2D eigenvalue weighted by molar-refractivity contribution is -0.127. The molecule has 0 bridgehead atoms. The summed E-state index contributed by atoms with van der Waals surface area (Å²) in [5.74, 6) is -0.228. The van der Waals surface area contributed by atoms with Crippen molar-refractivity contribution >= 4 is 11.8 Å². The predicted octanol–water partition coefficient (Wildman–Crippen LogP) is 0.855. The smallest absolute Gasteiger partial charge is 0.261 e. The van der Waals surface area contributed by atoms with Gasteiger partial charge in [0.05, 0.1) is 0 Å². The van der Waals surface area contributed by atoms with Gasteiger partial charge in [0.15, 0.2) is 6.10 Å². The number of hydrogen-bond donors (Lipinski definition) is 2. The number of primary amides is 1. The van der Waals surface area contributed by atoms with Crippen LogP contribution in [0.15, 0.2) is 36.9 Å². The first-order valence-corrected chi connectivity index (χ1v) is 5.49. The molecule has 0 aliphatic heterocycles. The second-order valence-corrected chi connectivity index (χ2v) is 3.68. The van der Waals surface area contributed by atoms with Gasteiger partial charge in [-0.2, -0.15) is 0 Å². The van der Waals surface area contributed by atoms with Crippen molar-refractivity contribution in [2.75, 3.05) is 6.54 Å². The Hall–Kier alpha value is -2.30. The van der Waals surface area contributed by atoms with Gasteiger partial charge in [0.2, 0.25) is 5.91 Å². The summed E-state index contributed by atoms with van der Waals surface area (Å²) >= 11 is 0. The summed E-state index contributed by atoms with van der Waals surface area (Å²) in [4.78, 5) is 22.4. The predicted molar refractivity (Wildman–Crippen MR) is 68.3 cm³/mol. The van der Waals surface area contributed by atoms with E-state index in [0.717, 1.165) is 0 Å². The highest BCUT2D eigenvalue weighted by atomic mass is 16.5.